The molecule has 1 saturated heterocycles. The lowest BCUT2D eigenvalue weighted by atomic mass is 10.3. The van der Waals surface area contributed by atoms with Gasteiger partial charge < -0.3 is 4.74 Å². The van der Waals surface area contributed by atoms with Gasteiger partial charge in [0, 0.05) is 7.05 Å². The smallest absolute Gasteiger partial charge is 0.394 e. The Labute approximate surface area is 52.9 Å². The number of cyclic esters (lactones) is 1. The molecule has 1 fully saturated rings. The number of ether oxygens (including phenoxy) is 1. The van der Waals surface area contributed by atoms with E-state index in [1.54, 1.807) is 14.0 Å². The Hall–Kier alpha value is -1.06. The van der Waals surface area contributed by atoms with E-state index in [1.165, 1.54) is 4.90 Å². The molecule has 1 heterocycles. The van der Waals surface area contributed by atoms with Gasteiger partial charge in [-0.15, -0.1) is 0 Å². The van der Waals surface area contributed by atoms with Crippen LogP contribution in [0, 0.1) is 5.41 Å². The van der Waals surface area contributed by atoms with Gasteiger partial charge in [-0.2, -0.15) is 0 Å². The van der Waals surface area contributed by atoms with Crippen LogP contribution in [0.25, 0.3) is 0 Å². The number of rotatable bonds is 0. The maximum absolute atomic E-state index is 10.6. The van der Waals surface area contributed by atoms with Crippen LogP contribution in [-0.4, -0.2) is 30.0 Å². The molecule has 50 valence electrons. The van der Waals surface area contributed by atoms with Crippen LogP contribution in [0.1, 0.15) is 6.92 Å². The van der Waals surface area contributed by atoms with Crippen LogP contribution in [0.5, 0.6) is 0 Å². The SMILES string of the molecule is CC1C(=N)OC(=O)N1C. The monoisotopic (exact) mass is 128 g/mol. The van der Waals surface area contributed by atoms with Crippen LogP contribution >= 0.6 is 0 Å². The highest BCUT2D eigenvalue weighted by molar-refractivity contribution is 5.96. The number of hydrogen-bond acceptors (Lipinski definition) is 3. The van der Waals surface area contributed by atoms with E-state index in [0.717, 1.165) is 0 Å². The Balaban J connectivity index is 2.77. The van der Waals surface area contributed by atoms with Crippen LogP contribution < -0.4 is 0 Å². The molecule has 1 atom stereocenters. The minimum absolute atomic E-state index is 0.0301. The summed E-state index contributed by atoms with van der Waals surface area (Å²) in [7, 11) is 1.61. The van der Waals surface area contributed by atoms with Gasteiger partial charge in [0.05, 0.1) is 0 Å². The Kier molecular flexibility index (Phi) is 1.16. The van der Waals surface area contributed by atoms with Crippen molar-refractivity contribution in [1.82, 2.24) is 4.90 Å². The first-order chi connectivity index (χ1) is 4.13. The first kappa shape index (κ1) is 6.07. The Morgan fingerprint density at radius 1 is 1.78 bits per heavy atom. The first-order valence-corrected chi connectivity index (χ1v) is 2.66. The van der Waals surface area contributed by atoms with Crippen LogP contribution in [0.3, 0.4) is 0 Å². The third-order valence-electron chi connectivity index (χ3n) is 1.45. The van der Waals surface area contributed by atoms with Crippen LogP contribution in [0.2, 0.25) is 0 Å². The summed E-state index contributed by atoms with van der Waals surface area (Å²) in [5, 5.41) is 7.03. The van der Waals surface area contributed by atoms with Gasteiger partial charge in [-0.3, -0.25) is 10.3 Å². The van der Waals surface area contributed by atoms with E-state index >= 15 is 0 Å². The number of nitrogens with one attached hydrogen (secondary N) is 1. The van der Waals surface area contributed by atoms with Crippen LogP contribution in [-0.2, 0) is 4.74 Å². The van der Waals surface area contributed by atoms with Gasteiger partial charge in [0.2, 0.25) is 5.90 Å². The Bertz CT molecular complexity index is 148. The molecule has 0 aromatic rings. The highest BCUT2D eigenvalue weighted by Crippen LogP contribution is 2.09. The molecule has 0 aliphatic carbocycles. The van der Waals surface area contributed by atoms with Crippen molar-refractivity contribution < 1.29 is 9.53 Å². The largest absolute Gasteiger partial charge is 0.416 e. The molecule has 0 saturated carbocycles. The van der Waals surface area contributed by atoms with Crippen molar-refractivity contribution in [2.45, 2.75) is 13.0 Å². The maximum atomic E-state index is 10.6. The second-order valence-corrected chi connectivity index (χ2v) is 2.02. The van der Waals surface area contributed by atoms with Gasteiger partial charge in [0.15, 0.2) is 0 Å². The predicted octanol–water partition coefficient (Wildman–Crippen LogP) is 0.434. The quantitative estimate of drug-likeness (QED) is 0.514. The fourth-order valence-electron chi connectivity index (χ4n) is 0.585. The highest BCUT2D eigenvalue weighted by Gasteiger charge is 2.31. The molecule has 1 N–H and O–H groups in total. The van der Waals surface area contributed by atoms with Crippen molar-refractivity contribution in [2.24, 2.45) is 0 Å². The average Bonchev–Trinajstić information content (AvgIpc) is 1.98. The molecule has 0 aromatic carbocycles. The molecule has 1 amide bonds. The molecule has 0 radical (unpaired) electrons. The standard InChI is InChI=1S/C5H8N2O2/c1-3-4(6)9-5(8)7(3)2/h3,6H,1-2H3. The van der Waals surface area contributed by atoms with Crippen molar-refractivity contribution in [2.75, 3.05) is 7.05 Å². The van der Waals surface area contributed by atoms with Crippen molar-refractivity contribution in [1.29, 1.82) is 5.41 Å². The Morgan fingerprint density at radius 3 is 2.44 bits per heavy atom. The third-order valence-corrected chi connectivity index (χ3v) is 1.45. The minimum atomic E-state index is -0.438. The molecule has 4 nitrogen and oxygen atoms in total. The third kappa shape index (κ3) is 0.759. The van der Waals surface area contributed by atoms with Crippen LogP contribution in [0.4, 0.5) is 4.79 Å². The molecule has 0 bridgehead atoms. The van der Waals surface area contributed by atoms with E-state index in [9.17, 15) is 4.79 Å². The minimum Gasteiger partial charge on any atom is -0.394 e. The lowest BCUT2D eigenvalue weighted by molar-refractivity contribution is 0.180. The van der Waals surface area contributed by atoms with E-state index < -0.39 is 6.09 Å². The van der Waals surface area contributed by atoms with Gasteiger partial charge in [0.25, 0.3) is 0 Å². The normalized spacial score (nSPS) is 26.9. The molecular weight excluding hydrogens is 120 g/mol. The van der Waals surface area contributed by atoms with E-state index in [1.807, 2.05) is 0 Å². The summed E-state index contributed by atoms with van der Waals surface area (Å²) >= 11 is 0. The summed E-state index contributed by atoms with van der Waals surface area (Å²) in [5.74, 6) is 0.0301. The lowest BCUT2D eigenvalue weighted by Gasteiger charge is -2.07. The molecule has 1 aliphatic heterocycles. The average molecular weight is 128 g/mol. The second kappa shape index (κ2) is 1.72. The van der Waals surface area contributed by atoms with Crippen LogP contribution in [0.15, 0.2) is 0 Å². The molecule has 9 heavy (non-hydrogen) atoms. The van der Waals surface area contributed by atoms with Gasteiger partial charge in [-0.1, -0.05) is 0 Å². The topological polar surface area (TPSA) is 53.4 Å². The van der Waals surface area contributed by atoms with Crippen molar-refractivity contribution in [3.63, 3.8) is 0 Å². The molecule has 0 aromatic heterocycles. The first-order valence-electron chi connectivity index (χ1n) is 2.66. The molecule has 1 aliphatic rings. The Morgan fingerprint density at radius 2 is 2.33 bits per heavy atom. The summed E-state index contributed by atoms with van der Waals surface area (Å²) in [4.78, 5) is 11.9. The molecule has 1 unspecified atom stereocenters. The predicted molar refractivity (Wildman–Crippen MR) is 31.4 cm³/mol. The van der Waals surface area contributed by atoms with Crippen molar-refractivity contribution in [3.05, 3.63) is 0 Å². The number of amides is 1. The number of carbonyl (C=O) groups is 1. The molecule has 4 heteroatoms. The van der Waals surface area contributed by atoms with E-state index in [-0.39, 0.29) is 11.9 Å². The number of carbonyl (C=O) groups excluding carboxylic acids is 1. The number of likely N-dealkylation sites (N-methyl/N-ethyl adjacent to an activating group) is 1. The second-order valence-electron chi connectivity index (χ2n) is 2.02. The molecule has 0 spiro atoms. The van der Waals surface area contributed by atoms with E-state index in [4.69, 9.17) is 5.41 Å². The van der Waals surface area contributed by atoms with Crippen molar-refractivity contribution in [3.8, 4) is 0 Å². The number of nitrogens with zero attached hydrogens (tertiary/aromatic N) is 1. The summed E-state index contributed by atoms with van der Waals surface area (Å²) in [6.45, 7) is 1.74. The molecule has 1 rings (SSSR count). The van der Waals surface area contributed by atoms with Gasteiger partial charge in [-0.05, 0) is 6.92 Å². The summed E-state index contributed by atoms with van der Waals surface area (Å²) in [6, 6.07) is -0.197. The van der Waals surface area contributed by atoms with Gasteiger partial charge >= 0.3 is 6.09 Å². The van der Waals surface area contributed by atoms with Crippen molar-refractivity contribution >= 4 is 12.0 Å². The number of hydrogen-bond donors (Lipinski definition) is 1. The van der Waals surface area contributed by atoms with E-state index in [2.05, 4.69) is 4.74 Å². The zero-order chi connectivity index (χ0) is 7.02. The fraction of sp³-hybridized carbons (Fsp3) is 0.600. The van der Waals surface area contributed by atoms with Gasteiger partial charge in [-0.25, -0.2) is 4.79 Å². The zero-order valence-electron chi connectivity index (χ0n) is 5.34. The summed E-state index contributed by atoms with van der Waals surface area (Å²) in [5.41, 5.74) is 0. The fourth-order valence-corrected chi connectivity index (χ4v) is 0.585. The summed E-state index contributed by atoms with van der Waals surface area (Å²) in [6.07, 6.45) is -0.438. The maximum Gasteiger partial charge on any atom is 0.416 e. The summed E-state index contributed by atoms with van der Waals surface area (Å²) < 4.78 is 4.46. The highest BCUT2D eigenvalue weighted by atomic mass is 16.6. The van der Waals surface area contributed by atoms with E-state index in [0.29, 0.717) is 0 Å². The zero-order valence-corrected chi connectivity index (χ0v) is 5.34. The van der Waals surface area contributed by atoms with Gasteiger partial charge in [0.1, 0.15) is 6.04 Å². The molecular formula is C5H8N2O2. The lowest BCUT2D eigenvalue weighted by Crippen LogP contribution is -2.27.